The fourth-order valence-electron chi connectivity index (χ4n) is 1.74. The number of hydrogen-bond acceptors (Lipinski definition) is 2. The molecule has 1 atom stereocenters. The van der Waals surface area contributed by atoms with Gasteiger partial charge in [0.15, 0.2) is 11.6 Å². The first-order chi connectivity index (χ1) is 8.65. The highest BCUT2D eigenvalue weighted by Crippen LogP contribution is 2.25. The van der Waals surface area contributed by atoms with Crippen LogP contribution in [0.3, 0.4) is 0 Å². The third kappa shape index (κ3) is 4.54. The summed E-state index contributed by atoms with van der Waals surface area (Å²) >= 11 is 0. The topological polar surface area (TPSA) is 35.2 Å². The van der Waals surface area contributed by atoms with Gasteiger partial charge in [-0.2, -0.15) is 0 Å². The lowest BCUT2D eigenvalue weighted by Gasteiger charge is -2.09. The molecule has 2 N–H and O–H groups in total. The van der Waals surface area contributed by atoms with Gasteiger partial charge in [0.2, 0.25) is 0 Å². The van der Waals surface area contributed by atoms with Gasteiger partial charge in [-0.1, -0.05) is 24.3 Å². The lowest BCUT2D eigenvalue weighted by molar-refractivity contribution is 0.441. The number of hydrogen-bond donors (Lipinski definition) is 1. The van der Waals surface area contributed by atoms with E-state index in [0.717, 1.165) is 5.56 Å². The Morgan fingerprint density at radius 2 is 1.84 bits per heavy atom. The van der Waals surface area contributed by atoms with Crippen LogP contribution in [0.4, 0.5) is 4.39 Å². The van der Waals surface area contributed by atoms with E-state index in [0.29, 0.717) is 12.2 Å². The van der Waals surface area contributed by atoms with E-state index in [-0.39, 0.29) is 30.0 Å². The van der Waals surface area contributed by atoms with Crippen LogP contribution >= 0.6 is 12.4 Å². The Bertz CT molecular complexity index is 517. The summed E-state index contributed by atoms with van der Waals surface area (Å²) in [4.78, 5) is 0. The molecule has 19 heavy (non-hydrogen) atoms. The minimum atomic E-state index is -0.364. The van der Waals surface area contributed by atoms with Crippen molar-refractivity contribution in [3.05, 3.63) is 59.9 Å². The summed E-state index contributed by atoms with van der Waals surface area (Å²) in [7, 11) is 0. The highest BCUT2D eigenvalue weighted by Gasteiger charge is 2.07. The molecular formula is C15H17ClFNO. The van der Waals surface area contributed by atoms with Crippen LogP contribution in [-0.4, -0.2) is 6.04 Å². The molecule has 0 aliphatic rings. The highest BCUT2D eigenvalue weighted by molar-refractivity contribution is 5.85. The highest BCUT2D eigenvalue weighted by atomic mass is 35.5. The van der Waals surface area contributed by atoms with Crippen molar-refractivity contribution >= 4 is 12.4 Å². The number of halogens is 2. The average Bonchev–Trinajstić information content (AvgIpc) is 2.33. The molecule has 0 spiro atoms. The number of para-hydroxylation sites is 1. The van der Waals surface area contributed by atoms with Crippen LogP contribution in [0.25, 0.3) is 0 Å². The van der Waals surface area contributed by atoms with E-state index in [4.69, 9.17) is 10.5 Å². The van der Waals surface area contributed by atoms with Gasteiger partial charge in [-0.25, -0.2) is 4.39 Å². The summed E-state index contributed by atoms with van der Waals surface area (Å²) in [5, 5.41) is 0. The van der Waals surface area contributed by atoms with Crippen LogP contribution < -0.4 is 10.5 Å². The number of benzene rings is 2. The largest absolute Gasteiger partial charge is 0.454 e. The van der Waals surface area contributed by atoms with Crippen LogP contribution in [0.2, 0.25) is 0 Å². The second kappa shape index (κ2) is 7.12. The van der Waals surface area contributed by atoms with Gasteiger partial charge in [-0.15, -0.1) is 12.4 Å². The Morgan fingerprint density at radius 1 is 1.16 bits per heavy atom. The van der Waals surface area contributed by atoms with Crippen molar-refractivity contribution in [3.63, 3.8) is 0 Å². The molecule has 0 heterocycles. The van der Waals surface area contributed by atoms with Gasteiger partial charge in [0.1, 0.15) is 5.75 Å². The van der Waals surface area contributed by atoms with Gasteiger partial charge >= 0.3 is 0 Å². The van der Waals surface area contributed by atoms with E-state index in [9.17, 15) is 4.39 Å². The molecule has 2 aromatic carbocycles. The van der Waals surface area contributed by atoms with Crippen molar-refractivity contribution in [3.8, 4) is 11.5 Å². The Morgan fingerprint density at radius 3 is 2.42 bits per heavy atom. The maximum Gasteiger partial charge on any atom is 0.165 e. The van der Waals surface area contributed by atoms with Crippen molar-refractivity contribution in [2.24, 2.45) is 5.73 Å². The summed E-state index contributed by atoms with van der Waals surface area (Å²) in [6.45, 7) is 1.90. The molecule has 0 aliphatic carbocycles. The van der Waals surface area contributed by atoms with Gasteiger partial charge in [0.25, 0.3) is 0 Å². The molecule has 0 bridgehead atoms. The predicted octanol–water partition coefficient (Wildman–Crippen LogP) is 3.93. The van der Waals surface area contributed by atoms with Gasteiger partial charge < -0.3 is 10.5 Å². The van der Waals surface area contributed by atoms with Crippen molar-refractivity contribution < 1.29 is 9.13 Å². The van der Waals surface area contributed by atoms with Crippen molar-refractivity contribution in [1.82, 2.24) is 0 Å². The Balaban J connectivity index is 0.00000180. The van der Waals surface area contributed by atoms with E-state index in [1.807, 2.05) is 31.2 Å². The van der Waals surface area contributed by atoms with E-state index in [2.05, 4.69) is 0 Å². The summed E-state index contributed by atoms with van der Waals surface area (Å²) in [6, 6.07) is 14.1. The molecule has 0 saturated heterocycles. The Kier molecular flexibility index (Phi) is 5.80. The third-order valence-electron chi connectivity index (χ3n) is 2.52. The SMILES string of the molecule is CC(N)Cc1ccc(Oc2ccccc2)c(F)c1.Cl. The molecule has 2 nitrogen and oxygen atoms in total. The second-order valence-electron chi connectivity index (χ2n) is 4.36. The minimum absolute atomic E-state index is 0. The molecule has 4 heteroatoms. The molecule has 0 aromatic heterocycles. The van der Waals surface area contributed by atoms with Crippen LogP contribution in [0.1, 0.15) is 12.5 Å². The summed E-state index contributed by atoms with van der Waals surface area (Å²) in [5.74, 6) is 0.489. The third-order valence-corrected chi connectivity index (χ3v) is 2.52. The molecular weight excluding hydrogens is 265 g/mol. The average molecular weight is 282 g/mol. The Hall–Kier alpha value is -1.58. The quantitative estimate of drug-likeness (QED) is 0.921. The summed E-state index contributed by atoms with van der Waals surface area (Å²) < 4.78 is 19.3. The van der Waals surface area contributed by atoms with Crippen LogP contribution in [-0.2, 0) is 6.42 Å². The van der Waals surface area contributed by atoms with Crippen LogP contribution in [0.5, 0.6) is 11.5 Å². The lowest BCUT2D eigenvalue weighted by Crippen LogP contribution is -2.17. The monoisotopic (exact) mass is 281 g/mol. The molecule has 1 unspecified atom stereocenters. The minimum Gasteiger partial charge on any atom is -0.454 e. The van der Waals surface area contributed by atoms with E-state index in [1.54, 1.807) is 18.2 Å². The van der Waals surface area contributed by atoms with Crippen LogP contribution in [0, 0.1) is 5.82 Å². The zero-order valence-corrected chi connectivity index (χ0v) is 11.5. The van der Waals surface area contributed by atoms with Crippen LogP contribution in [0.15, 0.2) is 48.5 Å². The predicted molar refractivity (Wildman–Crippen MR) is 77.5 cm³/mol. The molecule has 0 aliphatic heterocycles. The second-order valence-corrected chi connectivity index (χ2v) is 4.36. The molecule has 102 valence electrons. The lowest BCUT2D eigenvalue weighted by atomic mass is 10.1. The number of rotatable bonds is 4. The molecule has 0 amide bonds. The zero-order valence-electron chi connectivity index (χ0n) is 10.7. The van der Waals surface area contributed by atoms with Gasteiger partial charge in [-0.05, 0) is 43.2 Å². The molecule has 0 fully saturated rings. The maximum atomic E-state index is 13.8. The van der Waals surface area contributed by atoms with E-state index >= 15 is 0 Å². The number of ether oxygens (including phenoxy) is 1. The smallest absolute Gasteiger partial charge is 0.165 e. The van der Waals surface area contributed by atoms with Gasteiger partial charge in [0.05, 0.1) is 0 Å². The Labute approximate surface area is 118 Å². The normalized spacial score (nSPS) is 11.5. The molecule has 2 rings (SSSR count). The van der Waals surface area contributed by atoms with E-state index < -0.39 is 0 Å². The first-order valence-corrected chi connectivity index (χ1v) is 5.92. The molecule has 0 radical (unpaired) electrons. The molecule has 2 aromatic rings. The zero-order chi connectivity index (χ0) is 13.0. The fourth-order valence-corrected chi connectivity index (χ4v) is 1.74. The first-order valence-electron chi connectivity index (χ1n) is 5.92. The maximum absolute atomic E-state index is 13.8. The standard InChI is InChI=1S/C15H16FNO.ClH/c1-11(17)9-12-7-8-15(14(16)10-12)18-13-5-3-2-4-6-13;/h2-8,10-11H,9,17H2,1H3;1H. The summed E-state index contributed by atoms with van der Waals surface area (Å²) in [6.07, 6.45) is 0.655. The number of nitrogens with two attached hydrogens (primary N) is 1. The fraction of sp³-hybridized carbons (Fsp3) is 0.200. The summed E-state index contributed by atoms with van der Waals surface area (Å²) in [5.41, 5.74) is 6.56. The molecule has 0 saturated carbocycles. The first kappa shape index (κ1) is 15.5. The van der Waals surface area contributed by atoms with Crippen molar-refractivity contribution in [2.45, 2.75) is 19.4 Å². The van der Waals surface area contributed by atoms with E-state index in [1.165, 1.54) is 6.07 Å². The van der Waals surface area contributed by atoms with Crippen molar-refractivity contribution in [2.75, 3.05) is 0 Å². The van der Waals surface area contributed by atoms with Gasteiger partial charge in [0, 0.05) is 6.04 Å². The van der Waals surface area contributed by atoms with Crippen molar-refractivity contribution in [1.29, 1.82) is 0 Å². The van der Waals surface area contributed by atoms with Gasteiger partial charge in [-0.3, -0.25) is 0 Å².